The summed E-state index contributed by atoms with van der Waals surface area (Å²) < 4.78 is 13.4. The van der Waals surface area contributed by atoms with E-state index < -0.39 is 0 Å². The van der Waals surface area contributed by atoms with E-state index in [1.165, 1.54) is 12.5 Å². The van der Waals surface area contributed by atoms with Gasteiger partial charge in [0, 0.05) is 12.1 Å². The minimum absolute atomic E-state index is 0.0915. The van der Waals surface area contributed by atoms with Crippen LogP contribution >= 0.6 is 0 Å². The van der Waals surface area contributed by atoms with Crippen LogP contribution in [0.1, 0.15) is 32.8 Å². The van der Waals surface area contributed by atoms with Crippen LogP contribution in [0.4, 0.5) is 4.39 Å². The first-order chi connectivity index (χ1) is 7.49. The molecule has 1 saturated carbocycles. The third-order valence-electron chi connectivity index (χ3n) is 3.48. The van der Waals surface area contributed by atoms with E-state index in [9.17, 15) is 4.39 Å². The fourth-order valence-electron chi connectivity index (χ4n) is 2.15. The highest BCUT2D eigenvalue weighted by Gasteiger charge is 2.45. The standard InChI is InChI=1S/C14H20FN/c1-10(16-13-9-14(13,2)3)8-11-6-4-5-7-12(11)15/h4-7,10,13,16H,8-9H2,1-3H3. The van der Waals surface area contributed by atoms with Crippen LogP contribution in [0.2, 0.25) is 0 Å². The summed E-state index contributed by atoms with van der Waals surface area (Å²) in [5.41, 5.74) is 1.24. The van der Waals surface area contributed by atoms with Crippen LogP contribution in [0.3, 0.4) is 0 Å². The number of hydrogen-bond acceptors (Lipinski definition) is 1. The molecule has 2 unspecified atom stereocenters. The molecular weight excluding hydrogens is 201 g/mol. The largest absolute Gasteiger partial charge is 0.311 e. The zero-order valence-electron chi connectivity index (χ0n) is 10.3. The monoisotopic (exact) mass is 221 g/mol. The Kier molecular flexibility index (Phi) is 3.02. The van der Waals surface area contributed by atoms with Crippen molar-refractivity contribution < 1.29 is 4.39 Å². The molecule has 88 valence electrons. The normalized spacial score (nSPS) is 24.1. The molecule has 1 aliphatic carbocycles. The number of benzene rings is 1. The molecule has 1 N–H and O–H groups in total. The zero-order chi connectivity index (χ0) is 11.8. The number of nitrogens with one attached hydrogen (secondary N) is 1. The van der Waals surface area contributed by atoms with Crippen molar-refractivity contribution in [1.29, 1.82) is 0 Å². The maximum absolute atomic E-state index is 13.4. The van der Waals surface area contributed by atoms with E-state index >= 15 is 0 Å². The molecule has 0 heterocycles. The third kappa shape index (κ3) is 2.62. The Morgan fingerprint density at radius 1 is 1.44 bits per heavy atom. The quantitative estimate of drug-likeness (QED) is 0.823. The van der Waals surface area contributed by atoms with E-state index in [2.05, 4.69) is 26.1 Å². The molecule has 0 spiro atoms. The van der Waals surface area contributed by atoms with Gasteiger partial charge in [-0.25, -0.2) is 4.39 Å². The van der Waals surface area contributed by atoms with Gasteiger partial charge in [0.1, 0.15) is 5.82 Å². The van der Waals surface area contributed by atoms with Gasteiger partial charge in [-0.3, -0.25) is 0 Å². The van der Waals surface area contributed by atoms with Gasteiger partial charge < -0.3 is 5.32 Å². The lowest BCUT2D eigenvalue weighted by molar-refractivity contribution is 0.472. The first-order valence-electron chi connectivity index (χ1n) is 5.98. The highest BCUT2D eigenvalue weighted by molar-refractivity contribution is 5.18. The maximum Gasteiger partial charge on any atom is 0.126 e. The lowest BCUT2D eigenvalue weighted by Crippen LogP contribution is -2.32. The van der Waals surface area contributed by atoms with Gasteiger partial charge in [0.2, 0.25) is 0 Å². The second kappa shape index (κ2) is 4.17. The number of hydrogen-bond donors (Lipinski definition) is 1. The summed E-state index contributed by atoms with van der Waals surface area (Å²) in [6, 6.07) is 7.97. The molecule has 0 radical (unpaired) electrons. The van der Waals surface area contributed by atoms with Crippen LogP contribution in [-0.4, -0.2) is 12.1 Å². The Balaban J connectivity index is 1.88. The number of halogens is 1. The molecular formula is C14H20FN. The van der Waals surface area contributed by atoms with Gasteiger partial charge in [0.15, 0.2) is 0 Å². The lowest BCUT2D eigenvalue weighted by Gasteiger charge is -2.15. The minimum atomic E-state index is -0.0915. The second-order valence-electron chi connectivity index (χ2n) is 5.61. The van der Waals surface area contributed by atoms with Crippen LogP contribution in [0.5, 0.6) is 0 Å². The van der Waals surface area contributed by atoms with Crippen molar-refractivity contribution in [2.45, 2.75) is 45.7 Å². The van der Waals surface area contributed by atoms with Crippen LogP contribution in [0, 0.1) is 11.2 Å². The molecule has 1 aromatic rings. The number of rotatable bonds is 4. The highest BCUT2D eigenvalue weighted by atomic mass is 19.1. The molecule has 0 bridgehead atoms. The molecule has 1 aromatic carbocycles. The van der Waals surface area contributed by atoms with E-state index in [-0.39, 0.29) is 5.82 Å². The zero-order valence-corrected chi connectivity index (χ0v) is 10.3. The van der Waals surface area contributed by atoms with Crippen molar-refractivity contribution in [2.24, 2.45) is 5.41 Å². The minimum Gasteiger partial charge on any atom is -0.311 e. The summed E-state index contributed by atoms with van der Waals surface area (Å²) in [6.45, 7) is 6.65. The van der Waals surface area contributed by atoms with Crippen LogP contribution in [0.25, 0.3) is 0 Å². The smallest absolute Gasteiger partial charge is 0.126 e. The maximum atomic E-state index is 13.4. The first kappa shape index (κ1) is 11.6. The lowest BCUT2D eigenvalue weighted by atomic mass is 10.1. The van der Waals surface area contributed by atoms with Crippen LogP contribution in [0.15, 0.2) is 24.3 Å². The Hall–Kier alpha value is -0.890. The topological polar surface area (TPSA) is 12.0 Å². The summed E-state index contributed by atoms with van der Waals surface area (Å²) in [5, 5.41) is 3.55. The Morgan fingerprint density at radius 2 is 2.06 bits per heavy atom. The van der Waals surface area contributed by atoms with E-state index in [4.69, 9.17) is 0 Å². The van der Waals surface area contributed by atoms with Gasteiger partial charge in [-0.05, 0) is 36.8 Å². The van der Waals surface area contributed by atoms with Gasteiger partial charge in [0.05, 0.1) is 0 Å². The van der Waals surface area contributed by atoms with Crippen LogP contribution < -0.4 is 5.32 Å². The molecule has 2 heteroatoms. The fourth-order valence-corrected chi connectivity index (χ4v) is 2.15. The highest BCUT2D eigenvalue weighted by Crippen LogP contribution is 2.44. The van der Waals surface area contributed by atoms with Crippen molar-refractivity contribution in [2.75, 3.05) is 0 Å². The van der Waals surface area contributed by atoms with E-state index in [1.807, 2.05) is 12.1 Å². The predicted molar refractivity (Wildman–Crippen MR) is 64.9 cm³/mol. The molecule has 1 aliphatic rings. The van der Waals surface area contributed by atoms with Crippen molar-refractivity contribution in [1.82, 2.24) is 5.32 Å². The fraction of sp³-hybridized carbons (Fsp3) is 0.571. The van der Waals surface area contributed by atoms with Crippen molar-refractivity contribution >= 4 is 0 Å². The van der Waals surface area contributed by atoms with Crippen molar-refractivity contribution in [3.63, 3.8) is 0 Å². The summed E-state index contributed by atoms with van der Waals surface area (Å²) in [5.74, 6) is -0.0915. The molecule has 0 amide bonds. The second-order valence-corrected chi connectivity index (χ2v) is 5.61. The molecule has 2 atom stereocenters. The summed E-state index contributed by atoms with van der Waals surface area (Å²) in [6.07, 6.45) is 1.99. The van der Waals surface area contributed by atoms with E-state index in [0.717, 1.165) is 12.0 Å². The average molecular weight is 221 g/mol. The molecule has 0 aromatic heterocycles. The van der Waals surface area contributed by atoms with Gasteiger partial charge in [0.25, 0.3) is 0 Å². The van der Waals surface area contributed by atoms with E-state index in [0.29, 0.717) is 17.5 Å². The Labute approximate surface area is 97.1 Å². The van der Waals surface area contributed by atoms with E-state index in [1.54, 1.807) is 6.07 Å². The molecule has 0 aliphatic heterocycles. The molecule has 1 fully saturated rings. The van der Waals surface area contributed by atoms with Crippen molar-refractivity contribution in [3.05, 3.63) is 35.6 Å². The summed E-state index contributed by atoms with van der Waals surface area (Å²) in [7, 11) is 0. The van der Waals surface area contributed by atoms with Gasteiger partial charge in [-0.15, -0.1) is 0 Å². The predicted octanol–water partition coefficient (Wildman–Crippen LogP) is 3.14. The average Bonchev–Trinajstić information content (AvgIpc) is 2.77. The molecule has 16 heavy (non-hydrogen) atoms. The Morgan fingerprint density at radius 3 is 2.62 bits per heavy atom. The van der Waals surface area contributed by atoms with Gasteiger partial charge >= 0.3 is 0 Å². The van der Waals surface area contributed by atoms with Crippen molar-refractivity contribution in [3.8, 4) is 0 Å². The van der Waals surface area contributed by atoms with Crippen LogP contribution in [-0.2, 0) is 6.42 Å². The SMILES string of the molecule is CC(Cc1ccccc1F)NC1CC1(C)C. The first-order valence-corrected chi connectivity index (χ1v) is 5.98. The molecule has 1 nitrogen and oxygen atoms in total. The summed E-state index contributed by atoms with van der Waals surface area (Å²) >= 11 is 0. The molecule has 0 saturated heterocycles. The van der Waals surface area contributed by atoms with Gasteiger partial charge in [-0.1, -0.05) is 32.0 Å². The molecule has 2 rings (SSSR count). The third-order valence-corrected chi connectivity index (χ3v) is 3.48. The Bertz CT molecular complexity index is 373. The summed E-state index contributed by atoms with van der Waals surface area (Å²) in [4.78, 5) is 0. The van der Waals surface area contributed by atoms with Gasteiger partial charge in [-0.2, -0.15) is 0 Å².